The summed E-state index contributed by atoms with van der Waals surface area (Å²) in [6, 6.07) is -11.6. The normalized spacial score (nSPS) is 48.1. The molecule has 35 N–H and O–H groups in total. The van der Waals surface area contributed by atoms with Crippen LogP contribution >= 0.6 is 0 Å². The lowest BCUT2D eigenvalue weighted by molar-refractivity contribution is -0.405. The van der Waals surface area contributed by atoms with Crippen molar-refractivity contribution in [3.05, 3.63) is 0 Å². The Kier molecular flexibility index (Phi) is 41.7. The first-order valence-corrected chi connectivity index (χ1v) is 44.6. The SMILES string of the molecule is CC(=O)N[C@H]1[C@H](O[C@H]2[C@H](O)[C@@H](NC(C)=O)C(O)O[C@@H]2CO)O[C@H](CO)[C@@H](O[C@@H]2O[C@H](CO[C@H]3O[C@H](CO[C@@H]4O[C@H](CO)[C@@H](O)[C@H](O)[C@H]4NC(C)=O)[C@@H](O)[C@H](O)[C@@H]3O[C@@H]3O[C@H](CO)[C@@H](O[C@@H]4O[C@H](CO)[C@H](O)[C@H](O)[C@H]4O)[C@H](O)[C@H]3NC(C)=O)[C@@H](O)[C@H](O[C@H]3O[C@H](CO)[C@@H](O[C@@H]4O[C@H](CO)[C@@H](O)[C@H](O)[C@H]4NC(C)=O)[C@H](O)[C@@H]3O[C@@H]3O[C@H](CO)[C@@H](O[C@@H]4O[C@H](CO)[C@H](O)[C@H](O)[C@H]4O)[C@H](O)[C@H]3NC(C)=O)[C@@H]2O)[C@@H]1O. The molecule has 62 heteroatoms. The molecule has 11 saturated heterocycles. The first-order chi connectivity index (χ1) is 66.2. The molecule has 11 fully saturated rings. The summed E-state index contributed by atoms with van der Waals surface area (Å²) in [4.78, 5) is 77.7. The molecule has 808 valence electrons. The molecular formula is C78H130N6O56. The molecule has 11 aliphatic heterocycles. The Labute approximate surface area is 792 Å². The fourth-order valence-corrected chi connectivity index (χ4v) is 18.1. The molecule has 0 aromatic carbocycles. The smallest absolute Gasteiger partial charge is 0.217 e. The molecule has 6 amide bonds. The average molecular weight is 2050 g/mol. The Morgan fingerprint density at radius 2 is 0.407 bits per heavy atom. The first kappa shape index (κ1) is 115. The van der Waals surface area contributed by atoms with E-state index in [9.17, 15) is 177 Å². The summed E-state index contributed by atoms with van der Waals surface area (Å²) in [5.74, 6) is -5.74. The lowest BCUT2D eigenvalue weighted by Crippen LogP contribution is -2.71. The number of amides is 6. The van der Waals surface area contributed by atoms with Gasteiger partial charge in [0.2, 0.25) is 35.4 Å². The third kappa shape index (κ3) is 25.8. The van der Waals surface area contributed by atoms with Crippen LogP contribution in [0.1, 0.15) is 41.5 Å². The van der Waals surface area contributed by atoms with E-state index in [0.29, 0.717) is 0 Å². The van der Waals surface area contributed by atoms with Crippen LogP contribution in [0.4, 0.5) is 0 Å². The summed E-state index contributed by atoms with van der Waals surface area (Å²) < 4.78 is 127. The molecule has 0 aliphatic carbocycles. The molecule has 0 radical (unpaired) electrons. The molecule has 0 aromatic rings. The van der Waals surface area contributed by atoms with Gasteiger partial charge in [-0.2, -0.15) is 0 Å². The molecule has 0 saturated carbocycles. The van der Waals surface area contributed by atoms with Gasteiger partial charge in [0.15, 0.2) is 69.2 Å². The molecule has 0 spiro atoms. The summed E-state index contributed by atoms with van der Waals surface area (Å²) in [6.45, 7) is -7.31. The zero-order chi connectivity index (χ0) is 103. The number of carbonyl (C=O) groups is 6. The van der Waals surface area contributed by atoms with Crippen LogP contribution in [0.5, 0.6) is 0 Å². The van der Waals surface area contributed by atoms with E-state index < -0.39 is 446 Å². The van der Waals surface area contributed by atoms with Crippen LogP contribution in [0.15, 0.2) is 0 Å². The van der Waals surface area contributed by atoms with Gasteiger partial charge < -0.3 is 279 Å². The van der Waals surface area contributed by atoms with Gasteiger partial charge in [-0.3, -0.25) is 28.8 Å². The van der Waals surface area contributed by atoms with E-state index in [-0.39, 0.29) is 0 Å². The molecule has 11 rings (SSSR count). The highest BCUT2D eigenvalue weighted by Crippen LogP contribution is 2.42. The first-order valence-electron chi connectivity index (χ1n) is 44.6. The molecule has 55 atom stereocenters. The zero-order valence-corrected chi connectivity index (χ0v) is 75.5. The average Bonchev–Trinajstić information content (AvgIpc) is 0.753. The number of ether oxygens (including phenoxy) is 21. The fraction of sp³-hybridized carbons (Fsp3) is 0.923. The van der Waals surface area contributed by atoms with Gasteiger partial charge in [0.1, 0.15) is 268 Å². The lowest BCUT2D eigenvalue weighted by Gasteiger charge is -2.52. The van der Waals surface area contributed by atoms with E-state index in [2.05, 4.69) is 31.9 Å². The third-order valence-electron chi connectivity index (χ3n) is 25.4. The lowest BCUT2D eigenvalue weighted by atomic mass is 9.93. The largest absolute Gasteiger partial charge is 0.394 e. The van der Waals surface area contributed by atoms with Crippen molar-refractivity contribution in [1.82, 2.24) is 31.9 Å². The predicted molar refractivity (Wildman–Crippen MR) is 432 cm³/mol. The van der Waals surface area contributed by atoms with E-state index in [1.165, 1.54) is 0 Å². The quantitative estimate of drug-likeness (QED) is 0.0275. The van der Waals surface area contributed by atoms with E-state index in [0.717, 1.165) is 41.5 Å². The van der Waals surface area contributed by atoms with Crippen molar-refractivity contribution in [3.63, 3.8) is 0 Å². The molecule has 62 nitrogen and oxygen atoms in total. The molecule has 140 heavy (non-hydrogen) atoms. The van der Waals surface area contributed by atoms with Crippen LogP contribution in [-0.4, -0.2) is 594 Å². The molecule has 1 unspecified atom stereocenters. The van der Waals surface area contributed by atoms with Crippen molar-refractivity contribution in [2.75, 3.05) is 72.7 Å². The summed E-state index contributed by atoms with van der Waals surface area (Å²) in [7, 11) is 0. The van der Waals surface area contributed by atoms with Gasteiger partial charge in [-0.25, -0.2) is 0 Å². The van der Waals surface area contributed by atoms with Crippen molar-refractivity contribution < 1.29 is 276 Å². The maximum absolute atomic E-state index is 13.4. The van der Waals surface area contributed by atoms with Crippen LogP contribution in [0.2, 0.25) is 0 Å². The van der Waals surface area contributed by atoms with Crippen LogP contribution < -0.4 is 31.9 Å². The third-order valence-corrected chi connectivity index (χ3v) is 25.4. The monoisotopic (exact) mass is 2050 g/mol. The number of nitrogens with one attached hydrogen (secondary N) is 6. The van der Waals surface area contributed by atoms with Gasteiger partial charge in [-0.05, 0) is 0 Å². The van der Waals surface area contributed by atoms with E-state index in [1.807, 2.05) is 0 Å². The van der Waals surface area contributed by atoms with Crippen LogP contribution in [0.3, 0.4) is 0 Å². The van der Waals surface area contributed by atoms with Gasteiger partial charge in [-0.1, -0.05) is 0 Å². The maximum Gasteiger partial charge on any atom is 0.217 e. The number of aliphatic hydroxyl groups is 29. The fourth-order valence-electron chi connectivity index (χ4n) is 18.1. The second-order valence-electron chi connectivity index (χ2n) is 35.3. The summed E-state index contributed by atoms with van der Waals surface area (Å²) >= 11 is 0. The molecule has 11 heterocycles. The molecule has 0 aromatic heterocycles. The summed E-state index contributed by atoms with van der Waals surface area (Å²) in [5, 5.41) is 343. The Hall–Kier alpha value is -5.18. The summed E-state index contributed by atoms with van der Waals surface area (Å²) in [5.41, 5.74) is 0. The second kappa shape index (κ2) is 50.7. The number of aliphatic hydroxyl groups excluding tert-OH is 29. The highest BCUT2D eigenvalue weighted by molar-refractivity contribution is 5.75. The van der Waals surface area contributed by atoms with Gasteiger partial charge in [0.05, 0.1) is 72.7 Å². The van der Waals surface area contributed by atoms with E-state index >= 15 is 0 Å². The molecule has 11 aliphatic rings. The Morgan fingerprint density at radius 3 is 0.764 bits per heavy atom. The minimum absolute atomic E-state index is 0.838. The molecular weight excluding hydrogens is 1920 g/mol. The number of hydrogen-bond donors (Lipinski definition) is 35. The van der Waals surface area contributed by atoms with Gasteiger partial charge in [0.25, 0.3) is 0 Å². The standard InChI is InChI=1S/C78H130N6O56/c1-18(94)79-35-49(108)60(28(11-89)122-68(35)119)133-71-38(82-21(4)97)50(109)63(31(14-92)127-71)137-76-59(118)65(138-78-67(58(117)64(32(15-93)130-78)134-70-37(81-20(3)96)48(107)42(101)25(8-86)124-70)140-73-40(84-23(6)99)52(111)62(30(13-91)129-73)136-75-57(116)54(113)44(103)27(10-88)126-75)46(105)34(131-76)17-121-77-66(55(114)45(104)33(132-77)16-120-69-36(80-19(2)95)47(106)41(100)24(7-85)123-69)139-72-39(83-22(5)98)51(110)61(29(12-90)128-72)135-74-56(115)53(112)43(102)26(9-87)125-74/h24-78,85-93,100-119H,7-17H2,1-6H3,(H,79,94)(H,80,95)(H,81,96)(H,82,97)(H,83,98)(H,84,99)/t24-,25-,26-,27-,28-,29-,30-,31-,32-,33-,34-,35-,36-,37-,38-,39-,40-,41-,42-,43+,44+,45-,46-,47-,48-,49-,50-,51-,52-,53+,54+,55+,56-,57-,58+,59+,60-,61-,62-,63-,64-,65+,66+,67+,68?,69-,70+,71+,72+,73+,74+,75+,76+,77+,78-/m1/s1. The number of rotatable bonds is 37. The number of hydrogen-bond acceptors (Lipinski definition) is 56. The van der Waals surface area contributed by atoms with Crippen molar-refractivity contribution in [1.29, 1.82) is 0 Å². The minimum atomic E-state index is -2.78. The van der Waals surface area contributed by atoms with Crippen molar-refractivity contribution in [2.45, 2.75) is 379 Å². The minimum Gasteiger partial charge on any atom is -0.394 e. The van der Waals surface area contributed by atoms with Gasteiger partial charge >= 0.3 is 0 Å². The topological polar surface area (TPSA) is 955 Å². The Morgan fingerprint density at radius 1 is 0.186 bits per heavy atom. The molecule has 0 bridgehead atoms. The van der Waals surface area contributed by atoms with E-state index in [4.69, 9.17) is 99.5 Å². The summed E-state index contributed by atoms with van der Waals surface area (Å²) in [6.07, 6.45) is -107. The van der Waals surface area contributed by atoms with Crippen molar-refractivity contribution in [2.24, 2.45) is 0 Å². The predicted octanol–water partition coefficient (Wildman–Crippen LogP) is -24.1. The van der Waals surface area contributed by atoms with Gasteiger partial charge in [-0.15, -0.1) is 0 Å². The maximum atomic E-state index is 13.4. The zero-order valence-electron chi connectivity index (χ0n) is 75.5. The van der Waals surface area contributed by atoms with E-state index in [1.54, 1.807) is 0 Å². The number of carbonyl (C=O) groups excluding carboxylic acids is 6. The second-order valence-corrected chi connectivity index (χ2v) is 35.3. The highest BCUT2D eigenvalue weighted by atomic mass is 16.8. The van der Waals surface area contributed by atoms with Crippen molar-refractivity contribution >= 4 is 35.4 Å². The van der Waals surface area contributed by atoms with Gasteiger partial charge in [0, 0.05) is 41.5 Å². The Bertz CT molecular complexity index is 3920. The van der Waals surface area contributed by atoms with Crippen LogP contribution in [-0.2, 0) is 128 Å². The highest BCUT2D eigenvalue weighted by Gasteiger charge is 2.63. The van der Waals surface area contributed by atoms with Crippen molar-refractivity contribution in [3.8, 4) is 0 Å². The van der Waals surface area contributed by atoms with Crippen LogP contribution in [0.25, 0.3) is 0 Å². The Balaban J connectivity index is 1.01. The van der Waals surface area contributed by atoms with Crippen LogP contribution in [0, 0.1) is 0 Å².